The average Bonchev–Trinajstić information content (AvgIpc) is 3.58. The zero-order valence-electron chi connectivity index (χ0n) is 47.3. The maximum atomic E-state index is 12.7. The lowest BCUT2D eigenvalue weighted by Gasteiger charge is -2.20. The second kappa shape index (κ2) is 30.1. The van der Waals surface area contributed by atoms with Gasteiger partial charge in [-0.2, -0.15) is 0 Å². The monoisotopic (exact) mass is 1150 g/mol. The van der Waals surface area contributed by atoms with Crippen molar-refractivity contribution in [3.05, 3.63) is 109 Å². The van der Waals surface area contributed by atoms with E-state index in [9.17, 15) is 55.1 Å². The zero-order chi connectivity index (χ0) is 61.0. The number of benzene rings is 6. The number of carbonyl (C=O) groups is 6. The molecule has 2 unspecified atom stereocenters. The molecule has 0 radical (unpaired) electrons. The summed E-state index contributed by atoms with van der Waals surface area (Å²) in [5, 5.41) is 4.52. The Balaban J connectivity index is 0.000000264. The zero-order valence-corrected chi connectivity index (χ0v) is 47.3. The molecule has 0 aliphatic carbocycles. The third-order valence-electron chi connectivity index (χ3n) is 12.0. The number of rotatable bonds is 24. The van der Waals surface area contributed by atoms with Gasteiger partial charge in [-0.3, -0.25) is 14.4 Å². The highest BCUT2D eigenvalue weighted by Crippen LogP contribution is 2.34. The molecule has 6 rings (SSSR count). The first-order valence-corrected chi connectivity index (χ1v) is 26.1. The molecule has 6 aromatic rings. The van der Waals surface area contributed by atoms with Gasteiger partial charge in [-0.05, 0) is 115 Å². The van der Waals surface area contributed by atoms with Crippen LogP contribution >= 0.6 is 0 Å². The van der Waals surface area contributed by atoms with Crippen molar-refractivity contribution in [2.24, 2.45) is 17.3 Å². The first kappa shape index (κ1) is 66.4. The Bertz CT molecular complexity index is 3140. The van der Waals surface area contributed by atoms with E-state index in [1.54, 1.807) is 123 Å². The van der Waals surface area contributed by atoms with Crippen LogP contribution in [-0.2, 0) is 43.0 Å². The Hall–Kier alpha value is -8.10. The van der Waals surface area contributed by atoms with Crippen LogP contribution in [0.5, 0.6) is 34.5 Å². The van der Waals surface area contributed by atoms with Crippen LogP contribution < -0.4 is 28.4 Å². The van der Waals surface area contributed by atoms with Crippen LogP contribution in [0, 0.1) is 17.3 Å². The molecular formula is C61H68F6O15. The molecule has 0 heterocycles. The van der Waals surface area contributed by atoms with E-state index in [-0.39, 0.29) is 29.7 Å². The molecule has 6 aromatic carbocycles. The van der Waals surface area contributed by atoms with Crippen LogP contribution in [0.1, 0.15) is 88.5 Å². The Kier molecular flexibility index (Phi) is 24.4. The van der Waals surface area contributed by atoms with Crippen molar-refractivity contribution in [2.75, 3.05) is 39.6 Å². The number of carbonyl (C=O) groups excluding carboxylic acids is 6. The Morgan fingerprint density at radius 2 is 0.768 bits per heavy atom. The van der Waals surface area contributed by atoms with Crippen molar-refractivity contribution in [3.63, 3.8) is 0 Å². The van der Waals surface area contributed by atoms with Gasteiger partial charge < -0.3 is 42.6 Å². The first-order valence-electron chi connectivity index (χ1n) is 26.1. The van der Waals surface area contributed by atoms with E-state index >= 15 is 0 Å². The van der Waals surface area contributed by atoms with Gasteiger partial charge in [0.1, 0.15) is 34.5 Å². The molecule has 15 nitrogen and oxygen atoms in total. The van der Waals surface area contributed by atoms with E-state index in [1.807, 2.05) is 34.6 Å². The number of hydrogen-bond acceptors (Lipinski definition) is 15. The summed E-state index contributed by atoms with van der Waals surface area (Å²) < 4.78 is 122. The Morgan fingerprint density at radius 3 is 1.16 bits per heavy atom. The molecular weight excluding hydrogens is 1090 g/mol. The normalized spacial score (nSPS) is 12.3. The Labute approximate surface area is 471 Å². The molecule has 82 heavy (non-hydrogen) atoms. The third-order valence-corrected chi connectivity index (χ3v) is 12.0. The van der Waals surface area contributed by atoms with Crippen LogP contribution in [0.25, 0.3) is 32.3 Å². The summed E-state index contributed by atoms with van der Waals surface area (Å²) in [6, 6.07) is 30.7. The molecule has 0 fully saturated rings. The van der Waals surface area contributed by atoms with Gasteiger partial charge in [-0.25, -0.2) is 40.7 Å². The smallest absolute Gasteiger partial charge is 0.344 e. The number of fused-ring (bicyclic) bond motifs is 3. The predicted octanol–water partition coefficient (Wildman–Crippen LogP) is 13.5. The van der Waals surface area contributed by atoms with Crippen molar-refractivity contribution in [3.8, 4) is 34.5 Å². The topological polar surface area (TPSA) is 185 Å². The van der Waals surface area contributed by atoms with Crippen molar-refractivity contribution in [2.45, 2.75) is 106 Å². The standard InChI is InChI=1S/C21H24F2O5.2C20H22F2O5/c1-5-20(2,3)19(25)28-17-9-7-14-10-16(8-6-15(14)11-17)26-12-18(24)27-13-21(4,22)23;1-4-13(2)19(24)27-17-10-6-7-14-15(17)8-5-9-16(14)25-11-18(23)26-12-20(3,21)22;1-4-13(2)19(24)27-17-8-6-14-9-16(7-5-15(14)10-17)25-11-18(23)26-12-20(3,21)22/h6-11H,5,12-13H2,1-4H3;2*5-10,13H,4,11-12H2,1-3H3. The summed E-state index contributed by atoms with van der Waals surface area (Å²) >= 11 is 0. The first-order chi connectivity index (χ1) is 38.4. The summed E-state index contributed by atoms with van der Waals surface area (Å²) in [5.74, 6) is -10.8. The molecule has 444 valence electrons. The van der Waals surface area contributed by atoms with Crippen LogP contribution in [0.4, 0.5) is 26.3 Å². The number of esters is 6. The molecule has 0 bridgehead atoms. The molecule has 0 saturated heterocycles. The lowest BCUT2D eigenvalue weighted by atomic mass is 9.91. The van der Waals surface area contributed by atoms with E-state index < -0.39 is 80.7 Å². The van der Waals surface area contributed by atoms with Crippen molar-refractivity contribution >= 4 is 68.1 Å². The van der Waals surface area contributed by atoms with Gasteiger partial charge in [0.15, 0.2) is 39.6 Å². The minimum Gasteiger partial charge on any atom is -0.482 e. The summed E-state index contributed by atoms with van der Waals surface area (Å²) in [6.07, 6.45) is 2.03. The van der Waals surface area contributed by atoms with Crippen LogP contribution in [0.2, 0.25) is 0 Å². The van der Waals surface area contributed by atoms with E-state index in [1.165, 1.54) is 0 Å². The van der Waals surface area contributed by atoms with Gasteiger partial charge in [-0.1, -0.05) is 83.1 Å². The Morgan fingerprint density at radius 1 is 0.427 bits per heavy atom. The van der Waals surface area contributed by atoms with E-state index in [0.29, 0.717) is 85.3 Å². The van der Waals surface area contributed by atoms with Gasteiger partial charge >= 0.3 is 35.8 Å². The number of halogens is 6. The highest BCUT2D eigenvalue weighted by molar-refractivity contribution is 5.95. The molecule has 0 aliphatic rings. The largest absolute Gasteiger partial charge is 0.482 e. The maximum Gasteiger partial charge on any atom is 0.344 e. The van der Waals surface area contributed by atoms with E-state index in [2.05, 4.69) is 14.2 Å². The number of alkyl halides is 6. The fraction of sp³-hybridized carbons (Fsp3) is 0.410. The minimum absolute atomic E-state index is 0.177. The molecule has 2 atom stereocenters. The average molecular weight is 1160 g/mol. The molecule has 0 saturated carbocycles. The molecule has 0 aromatic heterocycles. The van der Waals surface area contributed by atoms with Crippen molar-refractivity contribution in [1.82, 2.24) is 0 Å². The van der Waals surface area contributed by atoms with Gasteiger partial charge in [0, 0.05) is 31.5 Å². The maximum absolute atomic E-state index is 12.7. The third kappa shape index (κ3) is 22.8. The molecule has 0 spiro atoms. The second-order valence-corrected chi connectivity index (χ2v) is 20.1. The molecule has 21 heteroatoms. The van der Waals surface area contributed by atoms with Crippen LogP contribution in [0.15, 0.2) is 109 Å². The van der Waals surface area contributed by atoms with E-state index in [4.69, 9.17) is 28.4 Å². The van der Waals surface area contributed by atoms with Crippen LogP contribution in [0.3, 0.4) is 0 Å². The predicted molar refractivity (Wildman–Crippen MR) is 293 cm³/mol. The van der Waals surface area contributed by atoms with Gasteiger partial charge in [0.05, 0.1) is 17.3 Å². The van der Waals surface area contributed by atoms with Crippen LogP contribution in [-0.4, -0.2) is 93.2 Å². The van der Waals surface area contributed by atoms with E-state index in [0.717, 1.165) is 21.5 Å². The molecule has 0 aliphatic heterocycles. The number of ether oxygens (including phenoxy) is 9. The fourth-order valence-electron chi connectivity index (χ4n) is 6.49. The van der Waals surface area contributed by atoms with Gasteiger partial charge in [0.2, 0.25) is 0 Å². The fourth-order valence-corrected chi connectivity index (χ4v) is 6.49. The van der Waals surface area contributed by atoms with Gasteiger partial charge in [-0.15, -0.1) is 0 Å². The summed E-state index contributed by atoms with van der Waals surface area (Å²) in [4.78, 5) is 70.6. The van der Waals surface area contributed by atoms with Crippen molar-refractivity contribution < 1.29 is 97.7 Å². The summed E-state index contributed by atoms with van der Waals surface area (Å²) in [5.41, 5.74) is -0.566. The molecule has 0 amide bonds. The van der Waals surface area contributed by atoms with Crippen molar-refractivity contribution in [1.29, 1.82) is 0 Å². The quantitative estimate of drug-likeness (QED) is 0.0241. The lowest BCUT2D eigenvalue weighted by molar-refractivity contribution is -0.156. The minimum atomic E-state index is -3.09. The highest BCUT2D eigenvalue weighted by Gasteiger charge is 2.29. The molecule has 0 N–H and O–H groups in total. The van der Waals surface area contributed by atoms with Gasteiger partial charge in [0.25, 0.3) is 17.8 Å². The summed E-state index contributed by atoms with van der Waals surface area (Å²) in [7, 11) is 0. The number of hydrogen-bond donors (Lipinski definition) is 0. The summed E-state index contributed by atoms with van der Waals surface area (Å²) in [6.45, 7) is 10.6. The SMILES string of the molecule is CCC(C)(C)C(=O)Oc1ccc2cc(OCC(=O)OCC(C)(F)F)ccc2c1.CCC(C)C(=O)Oc1ccc2cc(OCC(=O)OCC(C)(F)F)ccc2c1.CCC(C)C(=O)Oc1cccc2c(OCC(=O)OCC(C)(F)F)cccc12. The lowest BCUT2D eigenvalue weighted by Crippen LogP contribution is -2.28. The second-order valence-electron chi connectivity index (χ2n) is 20.1. The highest BCUT2D eigenvalue weighted by atomic mass is 19.3.